The molecule has 0 aromatic heterocycles. The van der Waals surface area contributed by atoms with Gasteiger partial charge in [0.1, 0.15) is 16.5 Å². The van der Waals surface area contributed by atoms with Crippen LogP contribution in [0.15, 0.2) is 23.1 Å². The van der Waals surface area contributed by atoms with Gasteiger partial charge in [-0.2, -0.15) is 4.31 Å². The van der Waals surface area contributed by atoms with E-state index < -0.39 is 26.6 Å². The topological polar surface area (TPSA) is 69.7 Å². The zero-order valence-corrected chi connectivity index (χ0v) is 14.7. The molecule has 9 heteroatoms. The lowest BCUT2D eigenvalue weighted by Gasteiger charge is -2.36. The van der Waals surface area contributed by atoms with Crippen LogP contribution in [0.2, 0.25) is 0 Å². The first-order valence-electron chi connectivity index (χ1n) is 8.28. The van der Waals surface area contributed by atoms with Gasteiger partial charge in [0.25, 0.3) is 0 Å². The highest BCUT2D eigenvalue weighted by Gasteiger charge is 2.34. The molecular formula is C16H21F2N3O3S. The summed E-state index contributed by atoms with van der Waals surface area (Å²) in [7, 11) is -4.02. The van der Waals surface area contributed by atoms with E-state index in [2.05, 4.69) is 5.32 Å². The quantitative estimate of drug-likeness (QED) is 0.834. The minimum absolute atomic E-state index is 0.0524. The molecule has 1 heterocycles. The van der Waals surface area contributed by atoms with E-state index in [-0.39, 0.29) is 31.1 Å². The van der Waals surface area contributed by atoms with Crippen molar-refractivity contribution < 1.29 is 22.0 Å². The monoisotopic (exact) mass is 373 g/mol. The highest BCUT2D eigenvalue weighted by molar-refractivity contribution is 7.89. The van der Waals surface area contributed by atoms with Crippen LogP contribution in [0.1, 0.15) is 19.8 Å². The van der Waals surface area contributed by atoms with Crippen molar-refractivity contribution in [2.75, 3.05) is 26.2 Å². The zero-order chi connectivity index (χ0) is 18.2. The fourth-order valence-electron chi connectivity index (χ4n) is 2.87. The number of halogens is 2. The lowest BCUT2D eigenvalue weighted by atomic mass is 10.2. The first-order chi connectivity index (χ1) is 11.8. The van der Waals surface area contributed by atoms with E-state index in [1.807, 2.05) is 4.90 Å². The van der Waals surface area contributed by atoms with Crippen molar-refractivity contribution in [2.45, 2.75) is 36.7 Å². The van der Waals surface area contributed by atoms with Gasteiger partial charge in [-0.05, 0) is 31.9 Å². The summed E-state index contributed by atoms with van der Waals surface area (Å²) in [6, 6.07) is 2.37. The minimum Gasteiger partial charge on any atom is -0.352 e. The van der Waals surface area contributed by atoms with E-state index in [0.29, 0.717) is 19.2 Å². The van der Waals surface area contributed by atoms with Crippen LogP contribution in [-0.4, -0.2) is 61.8 Å². The van der Waals surface area contributed by atoms with Gasteiger partial charge < -0.3 is 5.32 Å². The maximum atomic E-state index is 13.8. The summed E-state index contributed by atoms with van der Waals surface area (Å²) in [6.45, 7) is 2.85. The second-order valence-electron chi connectivity index (χ2n) is 6.47. The molecule has 3 rings (SSSR count). The highest BCUT2D eigenvalue weighted by atomic mass is 32.2. The molecule has 1 N–H and O–H groups in total. The molecule has 1 saturated heterocycles. The van der Waals surface area contributed by atoms with E-state index in [4.69, 9.17) is 0 Å². The van der Waals surface area contributed by atoms with Crippen LogP contribution in [-0.2, 0) is 14.8 Å². The molecule has 1 atom stereocenters. The van der Waals surface area contributed by atoms with Gasteiger partial charge in [0.15, 0.2) is 0 Å². The Morgan fingerprint density at radius 1 is 1.20 bits per heavy atom. The third-order valence-electron chi connectivity index (χ3n) is 4.64. The molecule has 1 aliphatic carbocycles. The number of piperazine rings is 1. The van der Waals surface area contributed by atoms with Crippen molar-refractivity contribution in [3.63, 3.8) is 0 Å². The number of rotatable bonds is 5. The van der Waals surface area contributed by atoms with Crippen LogP contribution in [0.5, 0.6) is 0 Å². The minimum atomic E-state index is -4.02. The maximum absolute atomic E-state index is 13.8. The number of carbonyl (C=O) groups excluding carboxylic acids is 1. The summed E-state index contributed by atoms with van der Waals surface area (Å²) < 4.78 is 53.1. The maximum Gasteiger partial charge on any atom is 0.246 e. The van der Waals surface area contributed by atoms with Crippen molar-refractivity contribution >= 4 is 15.9 Å². The van der Waals surface area contributed by atoms with Crippen molar-refractivity contribution in [3.05, 3.63) is 29.8 Å². The van der Waals surface area contributed by atoms with Crippen LogP contribution >= 0.6 is 0 Å². The van der Waals surface area contributed by atoms with Gasteiger partial charge in [-0.15, -0.1) is 0 Å². The van der Waals surface area contributed by atoms with Gasteiger partial charge in [-0.25, -0.2) is 17.2 Å². The molecule has 1 saturated carbocycles. The Morgan fingerprint density at radius 3 is 2.40 bits per heavy atom. The molecule has 2 fully saturated rings. The Bertz CT molecular complexity index is 760. The second kappa shape index (κ2) is 6.97. The molecular weight excluding hydrogens is 352 g/mol. The molecule has 25 heavy (non-hydrogen) atoms. The Balaban J connectivity index is 1.63. The van der Waals surface area contributed by atoms with Gasteiger partial charge in [0.2, 0.25) is 15.9 Å². The number of hydrogen-bond donors (Lipinski definition) is 1. The highest BCUT2D eigenvalue weighted by Crippen LogP contribution is 2.22. The summed E-state index contributed by atoms with van der Waals surface area (Å²) in [6.07, 6.45) is 2.02. The molecule has 2 aliphatic rings. The van der Waals surface area contributed by atoms with Crippen molar-refractivity contribution in [1.29, 1.82) is 0 Å². The zero-order valence-electron chi connectivity index (χ0n) is 13.9. The summed E-state index contributed by atoms with van der Waals surface area (Å²) in [5.41, 5.74) is 0. The number of hydrogen-bond acceptors (Lipinski definition) is 4. The molecule has 1 amide bonds. The van der Waals surface area contributed by atoms with E-state index in [1.165, 1.54) is 4.31 Å². The fraction of sp³-hybridized carbons (Fsp3) is 0.562. The molecule has 1 aromatic rings. The molecule has 1 aliphatic heterocycles. The summed E-state index contributed by atoms with van der Waals surface area (Å²) in [5, 5.41) is 2.93. The smallest absolute Gasteiger partial charge is 0.246 e. The van der Waals surface area contributed by atoms with Gasteiger partial charge in [-0.1, -0.05) is 0 Å². The second-order valence-corrected chi connectivity index (χ2v) is 8.38. The number of benzene rings is 1. The van der Waals surface area contributed by atoms with Crippen LogP contribution in [0, 0.1) is 11.6 Å². The molecule has 0 radical (unpaired) electrons. The van der Waals surface area contributed by atoms with Gasteiger partial charge in [0, 0.05) is 38.3 Å². The average Bonchev–Trinajstić information content (AvgIpc) is 3.38. The molecule has 6 nitrogen and oxygen atoms in total. The van der Waals surface area contributed by atoms with Crippen LogP contribution in [0.25, 0.3) is 0 Å². The van der Waals surface area contributed by atoms with Gasteiger partial charge in [0.05, 0.1) is 6.04 Å². The van der Waals surface area contributed by atoms with Crippen molar-refractivity contribution in [1.82, 2.24) is 14.5 Å². The van der Waals surface area contributed by atoms with Crippen LogP contribution < -0.4 is 5.32 Å². The Morgan fingerprint density at radius 2 is 1.84 bits per heavy atom. The van der Waals surface area contributed by atoms with E-state index in [9.17, 15) is 22.0 Å². The first kappa shape index (κ1) is 18.2. The van der Waals surface area contributed by atoms with Gasteiger partial charge in [-0.3, -0.25) is 9.69 Å². The van der Waals surface area contributed by atoms with E-state index in [1.54, 1.807) is 6.92 Å². The van der Waals surface area contributed by atoms with Crippen LogP contribution in [0.3, 0.4) is 0 Å². The average molecular weight is 373 g/mol. The molecule has 1 aromatic carbocycles. The van der Waals surface area contributed by atoms with E-state index in [0.717, 1.165) is 25.0 Å². The van der Waals surface area contributed by atoms with Crippen molar-refractivity contribution in [3.8, 4) is 0 Å². The lowest BCUT2D eigenvalue weighted by Crippen LogP contribution is -2.55. The van der Waals surface area contributed by atoms with Crippen molar-refractivity contribution in [2.24, 2.45) is 0 Å². The standard InChI is InChI=1S/C16H21F2N3O3S/c1-11(16(22)19-13-3-4-13)20-6-8-21(9-7-20)25(23,24)15-5-2-12(17)10-14(15)18/h2,5,10-11,13H,3-4,6-9H2,1H3,(H,19,22)/t11-/m0/s1. The Labute approximate surface area is 145 Å². The molecule has 138 valence electrons. The summed E-state index contributed by atoms with van der Waals surface area (Å²) in [5.74, 6) is -1.97. The summed E-state index contributed by atoms with van der Waals surface area (Å²) >= 11 is 0. The van der Waals surface area contributed by atoms with Gasteiger partial charge >= 0.3 is 0 Å². The largest absolute Gasteiger partial charge is 0.352 e. The number of nitrogens with one attached hydrogen (secondary N) is 1. The first-order valence-corrected chi connectivity index (χ1v) is 9.72. The normalized spacial score (nSPS) is 21.1. The number of amides is 1. The Hall–Kier alpha value is -1.58. The SMILES string of the molecule is C[C@@H](C(=O)NC1CC1)N1CCN(S(=O)(=O)c2ccc(F)cc2F)CC1. The summed E-state index contributed by atoms with van der Waals surface area (Å²) in [4.78, 5) is 13.5. The third kappa shape index (κ3) is 3.99. The number of carbonyl (C=O) groups is 1. The van der Waals surface area contributed by atoms with E-state index >= 15 is 0 Å². The predicted octanol–water partition coefficient (Wildman–Crippen LogP) is 0.938. The number of sulfonamides is 1. The molecule has 0 bridgehead atoms. The predicted molar refractivity (Wildman–Crippen MR) is 87.3 cm³/mol. The fourth-order valence-corrected chi connectivity index (χ4v) is 4.34. The third-order valence-corrected chi connectivity index (χ3v) is 6.57. The Kier molecular flexibility index (Phi) is 5.08. The van der Waals surface area contributed by atoms with Crippen LogP contribution in [0.4, 0.5) is 8.78 Å². The lowest BCUT2D eigenvalue weighted by molar-refractivity contribution is -0.126. The molecule has 0 unspecified atom stereocenters. The molecule has 0 spiro atoms. The number of nitrogens with zero attached hydrogens (tertiary/aromatic N) is 2.